The zero-order valence-electron chi connectivity index (χ0n) is 6.20. The summed E-state index contributed by atoms with van der Waals surface area (Å²) in [5, 5.41) is 0. The summed E-state index contributed by atoms with van der Waals surface area (Å²) >= 11 is 0. The van der Waals surface area contributed by atoms with Crippen molar-refractivity contribution < 1.29 is 4.90 Å². The smallest absolute Gasteiger partial charge is 0.0530 e. The summed E-state index contributed by atoms with van der Waals surface area (Å²) in [5.41, 5.74) is 0. The normalized spacial score (nSPS) is 14.6. The average molecular weight is 115 g/mol. The summed E-state index contributed by atoms with van der Waals surface area (Å²) in [5.74, 6) is 0.826. The van der Waals surface area contributed by atoms with Gasteiger partial charge in [0.25, 0.3) is 0 Å². The second-order valence-electron chi connectivity index (χ2n) is 2.89. The van der Waals surface area contributed by atoms with Crippen LogP contribution in [0.4, 0.5) is 0 Å². The van der Waals surface area contributed by atoms with Crippen molar-refractivity contribution in [3.63, 3.8) is 0 Å². The van der Waals surface area contributed by atoms with Gasteiger partial charge in [-0.05, 0) is 12.3 Å². The van der Waals surface area contributed by atoms with Crippen LogP contribution in [-0.2, 0) is 0 Å². The Kier molecular flexibility index (Phi) is 3.88. The van der Waals surface area contributed by atoms with Crippen LogP contribution in [0.1, 0.15) is 20.3 Å². The monoisotopic (exact) mass is 115 g/mol. The van der Waals surface area contributed by atoms with Gasteiger partial charge in [-0.15, -0.1) is 0 Å². The molecule has 0 heterocycles. The molecule has 0 aromatic heterocycles. The highest BCUT2D eigenvalue weighted by molar-refractivity contribution is 4.39. The van der Waals surface area contributed by atoms with E-state index in [0.717, 1.165) is 5.92 Å². The Morgan fingerprint density at radius 3 is 2.12 bits per heavy atom. The molecule has 1 atom stereocenters. The van der Waals surface area contributed by atoms with Crippen molar-refractivity contribution in [2.75, 3.05) is 13.6 Å². The lowest BCUT2D eigenvalue weighted by Gasteiger charge is -2.14. The Bertz CT molecular complexity index is 40.3. The van der Waals surface area contributed by atoms with Gasteiger partial charge in [-0.3, -0.25) is 0 Å². The molecule has 0 saturated carbocycles. The second kappa shape index (κ2) is 3.90. The second-order valence-corrected chi connectivity index (χ2v) is 2.89. The van der Waals surface area contributed by atoms with Gasteiger partial charge < -0.3 is 4.90 Å². The van der Waals surface area contributed by atoms with E-state index in [4.69, 9.17) is 0 Å². The van der Waals surface area contributed by atoms with Crippen LogP contribution in [0.25, 0.3) is 0 Å². The van der Waals surface area contributed by atoms with Crippen LogP contribution in [0.5, 0.6) is 0 Å². The topological polar surface area (TPSA) is 4.44 Å². The number of rotatable bonds is 3. The molecule has 0 radical (unpaired) electrons. The van der Waals surface area contributed by atoms with E-state index in [1.165, 1.54) is 17.9 Å². The van der Waals surface area contributed by atoms with E-state index in [1.807, 2.05) is 0 Å². The molecule has 0 aliphatic rings. The molecule has 0 saturated heterocycles. The zero-order valence-corrected chi connectivity index (χ0v) is 6.20. The van der Waals surface area contributed by atoms with Crippen molar-refractivity contribution in [2.24, 2.45) is 5.92 Å². The predicted octanol–water partition coefficient (Wildman–Crippen LogP) is 0.339. The molecule has 0 amide bonds. The molecule has 50 valence electrons. The first-order valence-electron chi connectivity index (χ1n) is 3.27. The van der Waals surface area contributed by atoms with Gasteiger partial charge in [0.2, 0.25) is 0 Å². The van der Waals surface area contributed by atoms with Crippen LogP contribution in [0.2, 0.25) is 0 Å². The third kappa shape index (κ3) is 5.96. The molecule has 0 fully saturated rings. The van der Waals surface area contributed by atoms with E-state index in [0.29, 0.717) is 0 Å². The molecule has 0 aromatic rings. The fourth-order valence-electron chi connectivity index (χ4n) is 0.535. The van der Waals surface area contributed by atoms with E-state index in [1.54, 1.807) is 0 Å². The van der Waals surface area contributed by atoms with Gasteiger partial charge in [0.15, 0.2) is 0 Å². The largest absolute Gasteiger partial charge is 0.470 e. The maximum atomic E-state index is 3.83. The molecule has 0 bridgehead atoms. The van der Waals surface area contributed by atoms with Gasteiger partial charge in [-0.2, -0.15) is 7.05 Å². The number of hydrogen-bond acceptors (Lipinski definition) is 0. The summed E-state index contributed by atoms with van der Waals surface area (Å²) < 4.78 is 0. The van der Waals surface area contributed by atoms with Gasteiger partial charge in [0.05, 0.1) is 6.54 Å². The average Bonchev–Trinajstić information content (AvgIpc) is 1.61. The highest BCUT2D eigenvalue weighted by atomic mass is 15.0. The maximum Gasteiger partial charge on any atom is 0.0530 e. The van der Waals surface area contributed by atoms with Gasteiger partial charge in [-0.1, -0.05) is 13.8 Å². The predicted molar refractivity (Wildman–Crippen MR) is 36.6 cm³/mol. The Morgan fingerprint density at radius 2 is 2.00 bits per heavy atom. The summed E-state index contributed by atoms with van der Waals surface area (Å²) in [7, 11) is 5.91. The Balaban J connectivity index is 2.93. The summed E-state index contributed by atoms with van der Waals surface area (Å²) in [6.07, 6.45) is 1.29. The van der Waals surface area contributed by atoms with Gasteiger partial charge in [0, 0.05) is 7.05 Å². The SMILES string of the molecule is [CH2-][NH+](C)CCC(C)C. The minimum atomic E-state index is 0.826. The van der Waals surface area contributed by atoms with E-state index < -0.39 is 0 Å². The zero-order chi connectivity index (χ0) is 6.57. The molecule has 1 nitrogen and oxygen atoms in total. The standard InChI is InChI=1S/C7H17N/c1-7(2)5-6-8(3)4/h7-8H,3,5-6H2,1-2,4H3. The first-order valence-corrected chi connectivity index (χ1v) is 3.27. The van der Waals surface area contributed by atoms with Crippen molar-refractivity contribution in [1.82, 2.24) is 0 Å². The van der Waals surface area contributed by atoms with Gasteiger partial charge >= 0.3 is 0 Å². The number of quaternary nitrogens is 1. The molecule has 1 unspecified atom stereocenters. The molecular formula is C7H17N. The van der Waals surface area contributed by atoms with Crippen LogP contribution in [0.3, 0.4) is 0 Å². The summed E-state index contributed by atoms with van der Waals surface area (Å²) in [6.45, 7) is 5.67. The third-order valence-electron chi connectivity index (χ3n) is 1.15. The highest BCUT2D eigenvalue weighted by Gasteiger charge is 1.92. The van der Waals surface area contributed by atoms with Crippen LogP contribution in [0, 0.1) is 13.0 Å². The molecule has 0 spiro atoms. The summed E-state index contributed by atoms with van der Waals surface area (Å²) in [6, 6.07) is 0. The quantitative estimate of drug-likeness (QED) is 0.506. The third-order valence-corrected chi connectivity index (χ3v) is 1.15. The minimum Gasteiger partial charge on any atom is -0.470 e. The number of hydrogen-bond donors (Lipinski definition) is 1. The summed E-state index contributed by atoms with van der Waals surface area (Å²) in [4.78, 5) is 1.30. The maximum absolute atomic E-state index is 3.83. The Hall–Kier alpha value is -0.0400. The molecule has 0 aliphatic heterocycles. The van der Waals surface area contributed by atoms with E-state index in [2.05, 4.69) is 27.9 Å². The minimum absolute atomic E-state index is 0.826. The fraction of sp³-hybridized carbons (Fsp3) is 0.857. The lowest BCUT2D eigenvalue weighted by Crippen LogP contribution is -3.03. The van der Waals surface area contributed by atoms with Gasteiger partial charge in [0.1, 0.15) is 0 Å². The van der Waals surface area contributed by atoms with Gasteiger partial charge in [-0.25, -0.2) is 0 Å². The highest BCUT2D eigenvalue weighted by Crippen LogP contribution is 1.93. The first kappa shape index (κ1) is 7.96. The van der Waals surface area contributed by atoms with Crippen LogP contribution < -0.4 is 4.90 Å². The lowest BCUT2D eigenvalue weighted by molar-refractivity contribution is -0.832. The Morgan fingerprint density at radius 1 is 1.50 bits per heavy atom. The van der Waals surface area contributed by atoms with Crippen LogP contribution >= 0.6 is 0 Å². The van der Waals surface area contributed by atoms with Crippen LogP contribution in [-0.4, -0.2) is 13.6 Å². The molecular weight excluding hydrogens is 98.1 g/mol. The lowest BCUT2D eigenvalue weighted by atomic mass is 10.1. The Labute approximate surface area is 52.7 Å². The molecule has 1 N–H and O–H groups in total. The van der Waals surface area contributed by atoms with Crippen molar-refractivity contribution in [1.29, 1.82) is 0 Å². The van der Waals surface area contributed by atoms with Crippen LogP contribution in [0.15, 0.2) is 0 Å². The van der Waals surface area contributed by atoms with E-state index in [-0.39, 0.29) is 0 Å². The van der Waals surface area contributed by atoms with Crippen molar-refractivity contribution in [3.8, 4) is 0 Å². The molecule has 0 aliphatic carbocycles. The van der Waals surface area contributed by atoms with Crippen molar-refractivity contribution >= 4 is 0 Å². The van der Waals surface area contributed by atoms with Crippen molar-refractivity contribution in [3.05, 3.63) is 7.05 Å². The molecule has 8 heavy (non-hydrogen) atoms. The molecule has 0 aromatic carbocycles. The number of nitrogens with one attached hydrogen (secondary N) is 1. The molecule has 1 heteroatoms. The van der Waals surface area contributed by atoms with E-state index >= 15 is 0 Å². The van der Waals surface area contributed by atoms with E-state index in [9.17, 15) is 0 Å². The first-order chi connectivity index (χ1) is 3.63. The fourth-order valence-corrected chi connectivity index (χ4v) is 0.535. The van der Waals surface area contributed by atoms with Crippen molar-refractivity contribution in [2.45, 2.75) is 20.3 Å². The molecule has 0 rings (SSSR count).